The molecule has 0 aliphatic heterocycles. The van der Waals surface area contributed by atoms with Crippen LogP contribution in [0.25, 0.3) is 0 Å². The van der Waals surface area contributed by atoms with Crippen LogP contribution in [0.4, 0.5) is 17.1 Å². The molecule has 2 N–H and O–H groups in total. The molecule has 2 aromatic carbocycles. The molecule has 0 aliphatic carbocycles. The summed E-state index contributed by atoms with van der Waals surface area (Å²) in [5.74, 6) is -1.19. The van der Waals surface area contributed by atoms with E-state index in [2.05, 4.69) is 5.32 Å². The Morgan fingerprint density at radius 2 is 1.95 bits per heavy atom. The van der Waals surface area contributed by atoms with Crippen molar-refractivity contribution in [1.82, 2.24) is 0 Å². The van der Waals surface area contributed by atoms with Crippen LogP contribution in [-0.2, 0) is 0 Å². The normalized spacial score (nSPS) is 9.67. The Bertz CT molecular complexity index is 765. The van der Waals surface area contributed by atoms with Crippen LogP contribution in [0.2, 0.25) is 0 Å². The van der Waals surface area contributed by atoms with Crippen LogP contribution in [0.5, 0.6) is 0 Å². The third-order valence-electron chi connectivity index (χ3n) is 2.76. The highest BCUT2D eigenvalue weighted by Gasteiger charge is 2.17. The molecule has 21 heavy (non-hydrogen) atoms. The molecule has 2 rings (SSSR count). The van der Waals surface area contributed by atoms with E-state index in [1.165, 1.54) is 0 Å². The molecule has 0 aliphatic rings. The quantitative estimate of drug-likeness (QED) is 0.658. The van der Waals surface area contributed by atoms with Gasteiger partial charge in [-0.05, 0) is 24.3 Å². The fourth-order valence-corrected chi connectivity index (χ4v) is 1.76. The minimum Gasteiger partial charge on any atom is -0.478 e. The van der Waals surface area contributed by atoms with Gasteiger partial charge in [-0.15, -0.1) is 0 Å². The van der Waals surface area contributed by atoms with Gasteiger partial charge in [0, 0.05) is 6.07 Å². The van der Waals surface area contributed by atoms with Crippen LogP contribution in [0.3, 0.4) is 0 Å². The maximum Gasteiger partial charge on any atom is 0.335 e. The maximum absolute atomic E-state index is 11.0. The summed E-state index contributed by atoms with van der Waals surface area (Å²) in [5, 5.41) is 31.7. The van der Waals surface area contributed by atoms with Gasteiger partial charge in [0.05, 0.1) is 21.7 Å². The van der Waals surface area contributed by atoms with Crippen molar-refractivity contribution >= 4 is 23.0 Å². The molecule has 0 bridgehead atoms. The van der Waals surface area contributed by atoms with E-state index in [9.17, 15) is 14.9 Å². The third kappa shape index (κ3) is 2.96. The predicted molar refractivity (Wildman–Crippen MR) is 74.5 cm³/mol. The number of carboxylic acids is 1. The number of anilines is 2. The lowest BCUT2D eigenvalue weighted by Gasteiger charge is -2.09. The van der Waals surface area contributed by atoms with Crippen LogP contribution in [0.1, 0.15) is 15.9 Å². The standard InChI is InChI=1S/C14H9N3O4/c15-8-10-3-1-2-4-11(10)16-12-7-9(14(18)19)5-6-13(12)17(20)21/h1-7,16H,(H,18,19). The average Bonchev–Trinajstić information content (AvgIpc) is 2.47. The fraction of sp³-hybridized carbons (Fsp3) is 0. The smallest absolute Gasteiger partial charge is 0.335 e. The van der Waals surface area contributed by atoms with Crippen LogP contribution < -0.4 is 5.32 Å². The van der Waals surface area contributed by atoms with Gasteiger partial charge in [-0.25, -0.2) is 4.79 Å². The van der Waals surface area contributed by atoms with Crippen LogP contribution in [0.15, 0.2) is 42.5 Å². The number of para-hydroxylation sites is 1. The van der Waals surface area contributed by atoms with Gasteiger partial charge >= 0.3 is 5.97 Å². The highest BCUT2D eigenvalue weighted by Crippen LogP contribution is 2.29. The van der Waals surface area contributed by atoms with E-state index in [1.807, 2.05) is 6.07 Å². The van der Waals surface area contributed by atoms with Crippen LogP contribution in [0, 0.1) is 21.4 Å². The first-order valence-electron chi connectivity index (χ1n) is 5.81. The van der Waals surface area contributed by atoms with E-state index in [1.54, 1.807) is 24.3 Å². The number of nitro benzene ring substituents is 1. The molecule has 0 atom stereocenters. The average molecular weight is 283 g/mol. The fourth-order valence-electron chi connectivity index (χ4n) is 1.76. The number of carboxylic acid groups (broad SMARTS) is 1. The van der Waals surface area contributed by atoms with Crippen molar-refractivity contribution in [3.05, 3.63) is 63.7 Å². The summed E-state index contributed by atoms with van der Waals surface area (Å²) in [6.45, 7) is 0. The lowest BCUT2D eigenvalue weighted by molar-refractivity contribution is -0.383. The van der Waals surface area contributed by atoms with Crippen LogP contribution >= 0.6 is 0 Å². The minimum absolute atomic E-state index is 0.0163. The Morgan fingerprint density at radius 1 is 1.24 bits per heavy atom. The molecule has 104 valence electrons. The predicted octanol–water partition coefficient (Wildman–Crippen LogP) is 2.91. The Kier molecular flexibility index (Phi) is 3.81. The maximum atomic E-state index is 11.0. The second kappa shape index (κ2) is 5.71. The van der Waals surface area contributed by atoms with Gasteiger partial charge in [0.1, 0.15) is 11.8 Å². The summed E-state index contributed by atoms with van der Waals surface area (Å²) >= 11 is 0. The summed E-state index contributed by atoms with van der Waals surface area (Å²) < 4.78 is 0. The summed E-state index contributed by atoms with van der Waals surface area (Å²) in [6.07, 6.45) is 0. The molecular weight excluding hydrogens is 274 g/mol. The number of hydrogen-bond acceptors (Lipinski definition) is 5. The van der Waals surface area contributed by atoms with Crippen molar-refractivity contribution in [3.63, 3.8) is 0 Å². The first kappa shape index (κ1) is 14.0. The van der Waals surface area contributed by atoms with Crippen molar-refractivity contribution in [3.8, 4) is 6.07 Å². The number of carbonyl (C=O) groups is 1. The highest BCUT2D eigenvalue weighted by atomic mass is 16.6. The van der Waals surface area contributed by atoms with E-state index in [-0.39, 0.29) is 16.9 Å². The number of benzene rings is 2. The molecule has 0 saturated heterocycles. The number of aromatic carboxylic acids is 1. The summed E-state index contributed by atoms with van der Waals surface area (Å²) in [7, 11) is 0. The molecule has 0 unspecified atom stereocenters. The first-order chi connectivity index (χ1) is 10.0. The molecular formula is C14H9N3O4. The Hall–Kier alpha value is -3.40. The molecule has 0 aromatic heterocycles. The number of nitro groups is 1. The minimum atomic E-state index is -1.19. The van der Waals surface area contributed by atoms with Gasteiger partial charge in [-0.1, -0.05) is 12.1 Å². The molecule has 7 heteroatoms. The number of rotatable bonds is 4. The lowest BCUT2D eigenvalue weighted by atomic mass is 10.1. The molecule has 0 radical (unpaired) electrons. The Morgan fingerprint density at radius 3 is 2.57 bits per heavy atom. The summed E-state index contributed by atoms with van der Waals surface area (Å²) in [5.41, 5.74) is 0.325. The third-order valence-corrected chi connectivity index (χ3v) is 2.76. The molecule has 2 aromatic rings. The van der Waals surface area contributed by atoms with Gasteiger partial charge in [0.15, 0.2) is 0 Å². The van der Waals surface area contributed by atoms with E-state index >= 15 is 0 Å². The highest BCUT2D eigenvalue weighted by molar-refractivity contribution is 5.90. The zero-order valence-corrected chi connectivity index (χ0v) is 10.6. The number of nitrogens with one attached hydrogen (secondary N) is 1. The van der Waals surface area contributed by atoms with Crippen molar-refractivity contribution in [2.75, 3.05) is 5.32 Å². The van der Waals surface area contributed by atoms with Gasteiger partial charge in [0.2, 0.25) is 0 Å². The monoisotopic (exact) mass is 283 g/mol. The number of nitriles is 1. The molecule has 0 heterocycles. The van der Waals surface area contributed by atoms with Crippen molar-refractivity contribution in [2.45, 2.75) is 0 Å². The molecule has 0 fully saturated rings. The SMILES string of the molecule is N#Cc1ccccc1Nc1cc(C(=O)O)ccc1[N+](=O)[O-]. The Balaban J connectivity index is 2.51. The van der Waals surface area contributed by atoms with E-state index in [0.29, 0.717) is 11.3 Å². The second-order valence-corrected chi connectivity index (χ2v) is 4.08. The van der Waals surface area contributed by atoms with Gasteiger partial charge in [-0.2, -0.15) is 5.26 Å². The van der Waals surface area contributed by atoms with E-state index in [0.717, 1.165) is 18.2 Å². The van der Waals surface area contributed by atoms with E-state index < -0.39 is 10.9 Å². The van der Waals surface area contributed by atoms with Gasteiger partial charge in [-0.3, -0.25) is 10.1 Å². The van der Waals surface area contributed by atoms with Crippen LogP contribution in [-0.4, -0.2) is 16.0 Å². The second-order valence-electron chi connectivity index (χ2n) is 4.08. The topological polar surface area (TPSA) is 116 Å². The van der Waals surface area contributed by atoms with Gasteiger partial charge < -0.3 is 10.4 Å². The first-order valence-corrected chi connectivity index (χ1v) is 5.81. The van der Waals surface area contributed by atoms with Crippen molar-refractivity contribution in [2.24, 2.45) is 0 Å². The van der Waals surface area contributed by atoms with E-state index in [4.69, 9.17) is 10.4 Å². The summed E-state index contributed by atoms with van der Waals surface area (Å²) in [4.78, 5) is 21.3. The largest absolute Gasteiger partial charge is 0.478 e. The number of nitrogens with zero attached hydrogens (tertiary/aromatic N) is 2. The molecule has 0 saturated carbocycles. The van der Waals surface area contributed by atoms with Crippen molar-refractivity contribution < 1.29 is 14.8 Å². The molecule has 7 nitrogen and oxygen atoms in total. The van der Waals surface area contributed by atoms with Crippen molar-refractivity contribution in [1.29, 1.82) is 5.26 Å². The molecule has 0 spiro atoms. The lowest BCUT2D eigenvalue weighted by Crippen LogP contribution is -2.02. The summed E-state index contributed by atoms with van der Waals surface area (Å²) in [6, 6.07) is 11.8. The Labute approximate surface area is 119 Å². The van der Waals surface area contributed by atoms with Gasteiger partial charge in [0.25, 0.3) is 5.69 Å². The zero-order chi connectivity index (χ0) is 15.4. The number of hydrogen-bond donors (Lipinski definition) is 2. The zero-order valence-electron chi connectivity index (χ0n) is 10.6. The molecule has 0 amide bonds.